The van der Waals surface area contributed by atoms with Crippen LogP contribution in [0.25, 0.3) is 0 Å². The second-order valence-electron chi connectivity index (χ2n) is 5.13. The van der Waals surface area contributed by atoms with Gasteiger partial charge in [0.05, 0.1) is 17.9 Å². The predicted octanol–water partition coefficient (Wildman–Crippen LogP) is 3.30. The molecule has 0 heterocycles. The molecule has 1 amide bonds. The van der Waals surface area contributed by atoms with Gasteiger partial charge in [0.25, 0.3) is 5.91 Å². The molecule has 3 N–H and O–H groups in total. The first kappa shape index (κ1) is 18.4. The maximum Gasteiger partial charge on any atom is 0.337 e. The molecule has 2 aromatic carbocycles. The number of benzene rings is 2. The van der Waals surface area contributed by atoms with Gasteiger partial charge in [-0.25, -0.2) is 4.79 Å². The smallest absolute Gasteiger partial charge is 0.337 e. The van der Waals surface area contributed by atoms with E-state index in [2.05, 4.69) is 10.6 Å². The van der Waals surface area contributed by atoms with Gasteiger partial charge in [0.15, 0.2) is 5.11 Å². The number of carbonyl (C=O) groups excluding carboxylic acids is 1. The Hall–Kier alpha value is -2.93. The highest BCUT2D eigenvalue weighted by atomic mass is 32.1. The fourth-order valence-corrected chi connectivity index (χ4v) is 2.23. The van der Waals surface area contributed by atoms with Gasteiger partial charge in [0.1, 0.15) is 5.75 Å². The van der Waals surface area contributed by atoms with Crippen LogP contribution in [0.5, 0.6) is 5.75 Å². The summed E-state index contributed by atoms with van der Waals surface area (Å²) in [6.07, 6.45) is 0.903. The van der Waals surface area contributed by atoms with E-state index in [1.54, 1.807) is 42.5 Å². The molecule has 0 aliphatic carbocycles. The minimum absolute atomic E-state index is 0.0185. The number of para-hydroxylation sites is 1. The molecule has 6 nitrogen and oxygen atoms in total. The first-order valence-corrected chi connectivity index (χ1v) is 8.09. The van der Waals surface area contributed by atoms with Crippen molar-refractivity contribution in [2.75, 3.05) is 11.9 Å². The largest absolute Gasteiger partial charge is 0.494 e. The number of carbonyl (C=O) groups is 2. The van der Waals surface area contributed by atoms with Crippen molar-refractivity contribution in [1.29, 1.82) is 0 Å². The summed E-state index contributed by atoms with van der Waals surface area (Å²) >= 11 is 5.08. The molecule has 25 heavy (non-hydrogen) atoms. The minimum atomic E-state index is -1.08. The molecule has 0 radical (unpaired) electrons. The van der Waals surface area contributed by atoms with E-state index in [0.29, 0.717) is 23.6 Å². The molecule has 0 atom stereocenters. The summed E-state index contributed by atoms with van der Waals surface area (Å²) in [7, 11) is 0. The summed E-state index contributed by atoms with van der Waals surface area (Å²) in [6.45, 7) is 2.63. The second kappa shape index (κ2) is 8.79. The number of hydrogen-bond donors (Lipinski definition) is 3. The average Bonchev–Trinajstić information content (AvgIpc) is 2.60. The van der Waals surface area contributed by atoms with Crippen LogP contribution in [-0.2, 0) is 0 Å². The monoisotopic (exact) mass is 358 g/mol. The Kier molecular flexibility index (Phi) is 6.47. The Morgan fingerprint density at radius 3 is 2.44 bits per heavy atom. The molecule has 7 heteroatoms. The quantitative estimate of drug-likeness (QED) is 0.687. The normalized spacial score (nSPS) is 9.96. The lowest BCUT2D eigenvalue weighted by molar-refractivity contribution is 0.0698. The lowest BCUT2D eigenvalue weighted by Gasteiger charge is -2.12. The van der Waals surface area contributed by atoms with Crippen molar-refractivity contribution in [2.45, 2.75) is 13.3 Å². The molecule has 0 aromatic heterocycles. The van der Waals surface area contributed by atoms with E-state index in [1.807, 2.05) is 6.92 Å². The maximum absolute atomic E-state index is 12.2. The number of carboxylic acids is 1. The van der Waals surface area contributed by atoms with Gasteiger partial charge in [-0.3, -0.25) is 10.1 Å². The first-order valence-electron chi connectivity index (χ1n) is 7.68. The van der Waals surface area contributed by atoms with Crippen molar-refractivity contribution in [2.24, 2.45) is 0 Å². The number of aromatic carboxylic acids is 1. The van der Waals surface area contributed by atoms with E-state index in [4.69, 9.17) is 22.1 Å². The fourth-order valence-electron chi connectivity index (χ4n) is 2.03. The number of hydrogen-bond acceptors (Lipinski definition) is 4. The molecule has 0 aliphatic heterocycles. The highest BCUT2D eigenvalue weighted by Gasteiger charge is 2.12. The molecule has 0 saturated carbocycles. The Balaban J connectivity index is 1.98. The van der Waals surface area contributed by atoms with Crippen molar-refractivity contribution in [3.05, 3.63) is 59.7 Å². The molecule has 2 rings (SSSR count). The number of anilines is 1. The fraction of sp³-hybridized carbons (Fsp3) is 0.167. The molecule has 0 bridgehead atoms. The number of amides is 1. The van der Waals surface area contributed by atoms with Crippen molar-refractivity contribution in [1.82, 2.24) is 5.32 Å². The maximum atomic E-state index is 12.2. The molecule has 0 fully saturated rings. The van der Waals surface area contributed by atoms with Crippen LogP contribution >= 0.6 is 12.2 Å². The molecule has 0 saturated heterocycles. The van der Waals surface area contributed by atoms with E-state index in [0.717, 1.165) is 6.42 Å². The number of nitrogens with one attached hydrogen (secondary N) is 2. The highest BCUT2D eigenvalue weighted by molar-refractivity contribution is 7.80. The van der Waals surface area contributed by atoms with E-state index < -0.39 is 11.9 Å². The SMILES string of the molecule is CCCOc1ccc(C(=O)NC(=S)Nc2ccccc2C(=O)O)cc1. The van der Waals surface area contributed by atoms with E-state index >= 15 is 0 Å². The second-order valence-corrected chi connectivity index (χ2v) is 5.54. The minimum Gasteiger partial charge on any atom is -0.494 e. The third-order valence-electron chi connectivity index (χ3n) is 3.22. The lowest BCUT2D eigenvalue weighted by Crippen LogP contribution is -2.34. The van der Waals surface area contributed by atoms with Crippen LogP contribution in [0, 0.1) is 0 Å². The van der Waals surface area contributed by atoms with Gasteiger partial charge in [-0.15, -0.1) is 0 Å². The highest BCUT2D eigenvalue weighted by Crippen LogP contribution is 2.15. The van der Waals surface area contributed by atoms with Crippen LogP contribution in [0.2, 0.25) is 0 Å². The average molecular weight is 358 g/mol. The van der Waals surface area contributed by atoms with Crippen molar-refractivity contribution in [3.63, 3.8) is 0 Å². The van der Waals surface area contributed by atoms with E-state index in [-0.39, 0.29) is 10.7 Å². The Morgan fingerprint density at radius 1 is 1.12 bits per heavy atom. The first-order chi connectivity index (χ1) is 12.0. The third kappa shape index (κ3) is 5.29. The van der Waals surface area contributed by atoms with E-state index in [1.165, 1.54) is 6.07 Å². The molecule has 0 aliphatic rings. The van der Waals surface area contributed by atoms with Gasteiger partial charge in [-0.2, -0.15) is 0 Å². The number of ether oxygens (including phenoxy) is 1. The summed E-state index contributed by atoms with van der Waals surface area (Å²) in [5, 5.41) is 14.4. The number of carboxylic acid groups (broad SMARTS) is 1. The molecule has 0 spiro atoms. The van der Waals surface area contributed by atoms with Crippen LogP contribution in [-0.4, -0.2) is 28.7 Å². The van der Waals surface area contributed by atoms with Crippen molar-refractivity contribution < 1.29 is 19.4 Å². The number of rotatable bonds is 6. The molecule has 0 unspecified atom stereocenters. The Bertz CT molecular complexity index is 775. The van der Waals surface area contributed by atoms with Gasteiger partial charge in [-0.05, 0) is 55.0 Å². The lowest BCUT2D eigenvalue weighted by atomic mass is 10.2. The summed E-state index contributed by atoms with van der Waals surface area (Å²) in [5.74, 6) is -0.790. The van der Waals surface area contributed by atoms with Gasteiger partial charge in [0.2, 0.25) is 0 Å². The summed E-state index contributed by atoms with van der Waals surface area (Å²) in [4.78, 5) is 23.4. The van der Waals surface area contributed by atoms with Gasteiger partial charge >= 0.3 is 5.97 Å². The summed E-state index contributed by atoms with van der Waals surface area (Å²) < 4.78 is 5.46. The van der Waals surface area contributed by atoms with Crippen LogP contribution in [0.4, 0.5) is 5.69 Å². The number of thiocarbonyl (C=S) groups is 1. The standard InChI is InChI=1S/C18H18N2O4S/c1-2-11-24-13-9-7-12(8-10-13)16(21)20-18(25)19-15-6-4-3-5-14(15)17(22)23/h3-10H,2,11H2,1H3,(H,22,23)(H2,19,20,21,25). The van der Waals surface area contributed by atoms with E-state index in [9.17, 15) is 9.59 Å². The van der Waals surface area contributed by atoms with Crippen LogP contribution in [0.3, 0.4) is 0 Å². The zero-order valence-corrected chi connectivity index (χ0v) is 14.4. The van der Waals surface area contributed by atoms with Gasteiger partial charge in [0, 0.05) is 5.56 Å². The van der Waals surface area contributed by atoms with Gasteiger partial charge in [-0.1, -0.05) is 19.1 Å². The van der Waals surface area contributed by atoms with Crippen molar-refractivity contribution in [3.8, 4) is 5.75 Å². The van der Waals surface area contributed by atoms with Gasteiger partial charge < -0.3 is 15.2 Å². The van der Waals surface area contributed by atoms with Crippen LogP contribution < -0.4 is 15.4 Å². The molecule has 130 valence electrons. The zero-order chi connectivity index (χ0) is 18.2. The topological polar surface area (TPSA) is 87.7 Å². The Morgan fingerprint density at radius 2 is 1.80 bits per heavy atom. The molecule has 2 aromatic rings. The van der Waals surface area contributed by atoms with Crippen LogP contribution in [0.15, 0.2) is 48.5 Å². The molecular weight excluding hydrogens is 340 g/mol. The molecular formula is C18H18N2O4S. The third-order valence-corrected chi connectivity index (χ3v) is 3.43. The Labute approximate surface area is 150 Å². The van der Waals surface area contributed by atoms with Crippen LogP contribution in [0.1, 0.15) is 34.1 Å². The summed E-state index contributed by atoms with van der Waals surface area (Å²) in [6, 6.07) is 13.0. The van der Waals surface area contributed by atoms with Crippen molar-refractivity contribution >= 4 is 34.9 Å². The predicted molar refractivity (Wildman–Crippen MR) is 99.3 cm³/mol. The summed E-state index contributed by atoms with van der Waals surface area (Å²) in [5.41, 5.74) is 0.791. The zero-order valence-electron chi connectivity index (χ0n) is 13.6.